The van der Waals surface area contributed by atoms with E-state index in [0.29, 0.717) is 0 Å². The van der Waals surface area contributed by atoms with Gasteiger partial charge in [-0.05, 0) is 31.4 Å². The molecular formula is C10H18O2Si2. The Hall–Kier alpha value is -0.426. The second kappa shape index (κ2) is 3.98. The second-order valence-corrected chi connectivity index (χ2v) is 11.7. The van der Waals surface area contributed by atoms with Gasteiger partial charge in [0.1, 0.15) is 0 Å². The number of benzene rings is 1. The lowest BCUT2D eigenvalue weighted by atomic mass is 10.4. The molecule has 0 saturated heterocycles. The maximum absolute atomic E-state index is 9.77. The molecule has 1 rings (SSSR count). The lowest BCUT2D eigenvalue weighted by Gasteiger charge is -2.30. The first-order valence-corrected chi connectivity index (χ1v) is 10.6. The van der Waals surface area contributed by atoms with Gasteiger partial charge in [0.2, 0.25) is 8.32 Å². The van der Waals surface area contributed by atoms with Crippen LogP contribution in [0.2, 0.25) is 26.2 Å². The molecule has 0 unspecified atom stereocenters. The van der Waals surface area contributed by atoms with Gasteiger partial charge in [-0.15, -0.1) is 0 Å². The van der Waals surface area contributed by atoms with Crippen molar-refractivity contribution in [2.75, 3.05) is 0 Å². The summed E-state index contributed by atoms with van der Waals surface area (Å²) in [5, 5.41) is 1.23. The van der Waals surface area contributed by atoms with E-state index in [1.54, 1.807) is 0 Å². The van der Waals surface area contributed by atoms with Gasteiger partial charge >= 0.3 is 8.56 Å². The first-order chi connectivity index (χ1) is 6.31. The highest BCUT2D eigenvalue weighted by Crippen LogP contribution is 2.11. The largest absolute Gasteiger partial charge is 0.432 e. The molecule has 0 atom stereocenters. The predicted octanol–water partition coefficient (Wildman–Crippen LogP) is 1.81. The third-order valence-corrected chi connectivity index (χ3v) is 7.74. The Labute approximate surface area is 87.9 Å². The zero-order chi connectivity index (χ0) is 10.8. The van der Waals surface area contributed by atoms with E-state index < -0.39 is 16.9 Å². The molecule has 0 aliphatic rings. The Kier molecular flexibility index (Phi) is 3.31. The monoisotopic (exact) mass is 226 g/mol. The maximum atomic E-state index is 9.77. The van der Waals surface area contributed by atoms with Crippen LogP contribution in [-0.4, -0.2) is 21.7 Å². The van der Waals surface area contributed by atoms with Gasteiger partial charge in [0, 0.05) is 0 Å². The van der Waals surface area contributed by atoms with E-state index in [2.05, 4.69) is 25.2 Å². The van der Waals surface area contributed by atoms with E-state index in [1.807, 2.05) is 31.3 Å². The molecule has 4 heteroatoms. The summed E-state index contributed by atoms with van der Waals surface area (Å²) in [6.45, 7) is 7.86. The first kappa shape index (κ1) is 11.6. The zero-order valence-electron chi connectivity index (χ0n) is 9.24. The van der Waals surface area contributed by atoms with Crippen molar-refractivity contribution < 1.29 is 8.91 Å². The van der Waals surface area contributed by atoms with Gasteiger partial charge in [-0.25, -0.2) is 0 Å². The SMILES string of the molecule is C[Si](C)(O)O[Si](C)(C)c1ccccc1. The van der Waals surface area contributed by atoms with Crippen LogP contribution >= 0.6 is 0 Å². The van der Waals surface area contributed by atoms with E-state index in [9.17, 15) is 4.80 Å². The van der Waals surface area contributed by atoms with Gasteiger partial charge in [0.05, 0.1) is 0 Å². The molecule has 2 nitrogen and oxygen atoms in total. The Balaban J connectivity index is 2.86. The molecule has 0 aromatic heterocycles. The summed E-state index contributed by atoms with van der Waals surface area (Å²) in [5.41, 5.74) is 0. The minimum absolute atomic E-state index is 1.23. The van der Waals surface area contributed by atoms with Crippen LogP contribution in [0, 0.1) is 0 Å². The van der Waals surface area contributed by atoms with Crippen LogP contribution in [0.4, 0.5) is 0 Å². The summed E-state index contributed by atoms with van der Waals surface area (Å²) < 4.78 is 5.84. The fourth-order valence-corrected chi connectivity index (χ4v) is 7.98. The Morgan fingerprint density at radius 2 is 1.50 bits per heavy atom. The third-order valence-electron chi connectivity index (χ3n) is 1.97. The molecule has 14 heavy (non-hydrogen) atoms. The summed E-state index contributed by atoms with van der Waals surface area (Å²) >= 11 is 0. The molecule has 78 valence electrons. The number of rotatable bonds is 3. The highest BCUT2D eigenvalue weighted by molar-refractivity contribution is 6.90. The van der Waals surface area contributed by atoms with Crippen LogP contribution in [0.5, 0.6) is 0 Å². The molecule has 1 aromatic rings. The van der Waals surface area contributed by atoms with E-state index in [-0.39, 0.29) is 0 Å². The van der Waals surface area contributed by atoms with Gasteiger partial charge in [-0.2, -0.15) is 0 Å². The fraction of sp³-hybridized carbons (Fsp3) is 0.400. The zero-order valence-corrected chi connectivity index (χ0v) is 11.2. The summed E-state index contributed by atoms with van der Waals surface area (Å²) in [5.74, 6) is 0. The summed E-state index contributed by atoms with van der Waals surface area (Å²) in [7, 11) is -4.32. The number of hydrogen-bond acceptors (Lipinski definition) is 2. The highest BCUT2D eigenvalue weighted by Gasteiger charge is 2.33. The highest BCUT2D eigenvalue weighted by atomic mass is 28.4. The van der Waals surface area contributed by atoms with Crippen molar-refractivity contribution >= 4 is 22.1 Å². The Morgan fingerprint density at radius 1 is 1.00 bits per heavy atom. The van der Waals surface area contributed by atoms with Crippen LogP contribution in [0.15, 0.2) is 30.3 Å². The van der Waals surface area contributed by atoms with Crippen molar-refractivity contribution in [3.8, 4) is 0 Å². The third kappa shape index (κ3) is 3.38. The number of hydrogen-bond donors (Lipinski definition) is 1. The predicted molar refractivity (Wildman–Crippen MR) is 64.3 cm³/mol. The van der Waals surface area contributed by atoms with Crippen molar-refractivity contribution in [2.45, 2.75) is 26.2 Å². The Bertz CT molecular complexity index is 291. The molecule has 0 aliphatic carbocycles. The van der Waals surface area contributed by atoms with E-state index in [4.69, 9.17) is 4.12 Å². The van der Waals surface area contributed by atoms with Crippen molar-refractivity contribution in [3.05, 3.63) is 30.3 Å². The van der Waals surface area contributed by atoms with E-state index in [0.717, 1.165) is 0 Å². The van der Waals surface area contributed by atoms with Crippen LogP contribution in [0.25, 0.3) is 0 Å². The average molecular weight is 226 g/mol. The van der Waals surface area contributed by atoms with Crippen molar-refractivity contribution in [2.24, 2.45) is 0 Å². The minimum atomic E-state index is -2.41. The molecule has 1 N–H and O–H groups in total. The lowest BCUT2D eigenvalue weighted by Crippen LogP contribution is -2.52. The molecule has 0 fully saturated rings. The van der Waals surface area contributed by atoms with Crippen molar-refractivity contribution in [1.29, 1.82) is 0 Å². The standard InChI is InChI=1S/C10H18O2Si2/c1-13(2,12-14(3,4)11)10-8-6-5-7-9-10/h5-9,11H,1-4H3. The minimum Gasteiger partial charge on any atom is -0.432 e. The molecule has 1 aromatic carbocycles. The summed E-state index contributed by atoms with van der Waals surface area (Å²) in [6.07, 6.45) is 0. The second-order valence-electron chi connectivity index (χ2n) is 4.43. The van der Waals surface area contributed by atoms with Crippen LogP contribution in [0.1, 0.15) is 0 Å². The first-order valence-electron chi connectivity index (χ1n) is 4.79. The van der Waals surface area contributed by atoms with Crippen LogP contribution in [0.3, 0.4) is 0 Å². The smallest absolute Gasteiger partial charge is 0.318 e. The summed E-state index contributed by atoms with van der Waals surface area (Å²) in [6, 6.07) is 10.2. The Morgan fingerprint density at radius 3 is 1.93 bits per heavy atom. The molecule has 0 spiro atoms. The molecule has 0 bridgehead atoms. The van der Waals surface area contributed by atoms with Gasteiger partial charge in [0.25, 0.3) is 0 Å². The normalized spacial score (nSPS) is 12.9. The van der Waals surface area contributed by atoms with E-state index >= 15 is 0 Å². The average Bonchev–Trinajstić information content (AvgIpc) is 2.01. The molecule has 0 radical (unpaired) electrons. The molecule has 0 saturated carbocycles. The van der Waals surface area contributed by atoms with Gasteiger partial charge < -0.3 is 8.91 Å². The fourth-order valence-electron chi connectivity index (χ4n) is 1.52. The molecule has 0 heterocycles. The summed E-state index contributed by atoms with van der Waals surface area (Å²) in [4.78, 5) is 9.77. The van der Waals surface area contributed by atoms with Crippen molar-refractivity contribution in [3.63, 3.8) is 0 Å². The van der Waals surface area contributed by atoms with E-state index in [1.165, 1.54) is 5.19 Å². The van der Waals surface area contributed by atoms with Crippen LogP contribution < -0.4 is 5.19 Å². The molecular weight excluding hydrogens is 208 g/mol. The van der Waals surface area contributed by atoms with Gasteiger partial charge in [-0.3, -0.25) is 0 Å². The quantitative estimate of drug-likeness (QED) is 0.797. The molecule has 0 amide bonds. The van der Waals surface area contributed by atoms with Crippen molar-refractivity contribution in [1.82, 2.24) is 0 Å². The van der Waals surface area contributed by atoms with Gasteiger partial charge in [0.15, 0.2) is 0 Å². The topological polar surface area (TPSA) is 29.5 Å². The van der Waals surface area contributed by atoms with Gasteiger partial charge in [-0.1, -0.05) is 30.3 Å². The molecule has 0 aliphatic heterocycles. The lowest BCUT2D eigenvalue weighted by molar-refractivity contribution is 0.391. The maximum Gasteiger partial charge on any atom is 0.318 e. The van der Waals surface area contributed by atoms with Crippen LogP contribution in [-0.2, 0) is 4.12 Å².